The van der Waals surface area contributed by atoms with Gasteiger partial charge in [-0.25, -0.2) is 0 Å². The zero-order valence-electron chi connectivity index (χ0n) is 12.3. The molecule has 0 spiro atoms. The van der Waals surface area contributed by atoms with Crippen LogP contribution in [0, 0.1) is 13.8 Å². The Morgan fingerprint density at radius 3 is 2.48 bits per heavy atom. The van der Waals surface area contributed by atoms with Crippen LogP contribution in [0.1, 0.15) is 23.1 Å². The van der Waals surface area contributed by atoms with E-state index in [-0.39, 0.29) is 13.1 Å². The highest BCUT2D eigenvalue weighted by molar-refractivity contribution is 5.30. The van der Waals surface area contributed by atoms with E-state index in [1.165, 1.54) is 4.90 Å². The first-order chi connectivity index (χ1) is 9.71. The fourth-order valence-corrected chi connectivity index (χ4v) is 2.09. The highest BCUT2D eigenvalue weighted by atomic mass is 19.4. The summed E-state index contributed by atoms with van der Waals surface area (Å²) in [5.41, 5.74) is 2.97. The van der Waals surface area contributed by atoms with Gasteiger partial charge in [0.2, 0.25) is 0 Å². The predicted molar refractivity (Wildman–Crippen MR) is 75.0 cm³/mol. The molecule has 0 bridgehead atoms. The molecule has 21 heavy (non-hydrogen) atoms. The molecule has 0 saturated heterocycles. The van der Waals surface area contributed by atoms with E-state index in [0.29, 0.717) is 6.54 Å². The third-order valence-electron chi connectivity index (χ3n) is 3.29. The first-order valence-electron chi connectivity index (χ1n) is 6.85. The second-order valence-electron chi connectivity index (χ2n) is 5.37. The summed E-state index contributed by atoms with van der Waals surface area (Å²) in [5, 5.41) is 18.4. The van der Waals surface area contributed by atoms with Gasteiger partial charge in [-0.05, 0) is 25.0 Å². The Balaban J connectivity index is 2.77. The molecule has 0 aliphatic rings. The zero-order valence-corrected chi connectivity index (χ0v) is 12.3. The number of aryl methyl sites for hydroxylation is 2. The standard InChI is InChI=1S/C15H22F3NO2/c1-11-3-4-12(2)13(7-11)8-19(9-14(21)10-20)6-5-15(16,17)18/h3-4,7,14,20-21H,5-6,8-10H2,1-2H3/t14-/m0/s1. The molecular weight excluding hydrogens is 283 g/mol. The Kier molecular flexibility index (Phi) is 6.64. The summed E-state index contributed by atoms with van der Waals surface area (Å²) in [6.45, 7) is 3.49. The number of benzene rings is 1. The molecule has 0 amide bonds. The highest BCUT2D eigenvalue weighted by Gasteiger charge is 2.28. The van der Waals surface area contributed by atoms with Crippen molar-refractivity contribution < 1.29 is 23.4 Å². The number of aliphatic hydroxyl groups is 2. The molecule has 6 heteroatoms. The fraction of sp³-hybridized carbons (Fsp3) is 0.600. The normalized spacial score (nSPS) is 13.7. The third kappa shape index (κ3) is 6.93. The van der Waals surface area contributed by atoms with Gasteiger partial charge in [-0.3, -0.25) is 4.90 Å². The van der Waals surface area contributed by atoms with E-state index in [0.717, 1.165) is 16.7 Å². The van der Waals surface area contributed by atoms with Crippen molar-refractivity contribution in [1.29, 1.82) is 0 Å². The Labute approximate surface area is 123 Å². The van der Waals surface area contributed by atoms with Crippen LogP contribution in [0.5, 0.6) is 0 Å². The summed E-state index contributed by atoms with van der Waals surface area (Å²) in [4.78, 5) is 1.52. The van der Waals surface area contributed by atoms with Gasteiger partial charge in [0, 0.05) is 19.6 Å². The van der Waals surface area contributed by atoms with E-state index in [4.69, 9.17) is 5.11 Å². The molecule has 0 aliphatic heterocycles. The van der Waals surface area contributed by atoms with Crippen LogP contribution in [0.4, 0.5) is 13.2 Å². The SMILES string of the molecule is Cc1ccc(C)c(CN(CCC(F)(F)F)C[C@H](O)CO)c1. The van der Waals surface area contributed by atoms with Gasteiger partial charge in [0.05, 0.1) is 19.1 Å². The fourth-order valence-electron chi connectivity index (χ4n) is 2.09. The van der Waals surface area contributed by atoms with Crippen molar-refractivity contribution >= 4 is 0 Å². The second kappa shape index (κ2) is 7.77. The molecule has 120 valence electrons. The molecule has 1 atom stereocenters. The molecule has 0 fully saturated rings. The second-order valence-corrected chi connectivity index (χ2v) is 5.37. The third-order valence-corrected chi connectivity index (χ3v) is 3.29. The number of rotatable bonds is 7. The van der Waals surface area contributed by atoms with E-state index in [1.54, 1.807) is 0 Å². The Bertz CT molecular complexity index is 449. The molecule has 0 unspecified atom stereocenters. The van der Waals surface area contributed by atoms with E-state index in [2.05, 4.69) is 0 Å². The van der Waals surface area contributed by atoms with Crippen LogP contribution in [-0.2, 0) is 6.54 Å². The maximum absolute atomic E-state index is 12.4. The predicted octanol–water partition coefficient (Wildman–Crippen LogP) is 2.41. The van der Waals surface area contributed by atoms with Crippen molar-refractivity contribution in [2.24, 2.45) is 0 Å². The van der Waals surface area contributed by atoms with E-state index < -0.39 is 25.3 Å². The zero-order chi connectivity index (χ0) is 16.0. The Morgan fingerprint density at radius 2 is 1.90 bits per heavy atom. The number of halogens is 3. The summed E-state index contributed by atoms with van der Waals surface area (Å²) >= 11 is 0. The summed E-state index contributed by atoms with van der Waals surface area (Å²) in [5.74, 6) is 0. The van der Waals surface area contributed by atoms with E-state index in [1.807, 2.05) is 32.0 Å². The van der Waals surface area contributed by atoms with E-state index in [9.17, 15) is 18.3 Å². The lowest BCUT2D eigenvalue weighted by molar-refractivity contribution is -0.139. The maximum atomic E-state index is 12.4. The maximum Gasteiger partial charge on any atom is 0.390 e. The van der Waals surface area contributed by atoms with Gasteiger partial charge in [-0.15, -0.1) is 0 Å². The topological polar surface area (TPSA) is 43.7 Å². The van der Waals surface area contributed by atoms with E-state index >= 15 is 0 Å². The summed E-state index contributed by atoms with van der Waals surface area (Å²) in [7, 11) is 0. The first kappa shape index (κ1) is 17.9. The number of alkyl halides is 3. The molecule has 0 aliphatic carbocycles. The van der Waals surface area contributed by atoms with Crippen molar-refractivity contribution in [3.8, 4) is 0 Å². The molecule has 1 aromatic rings. The minimum Gasteiger partial charge on any atom is -0.394 e. The van der Waals surface area contributed by atoms with Crippen molar-refractivity contribution in [3.63, 3.8) is 0 Å². The monoisotopic (exact) mass is 305 g/mol. The summed E-state index contributed by atoms with van der Waals surface area (Å²) in [6, 6.07) is 5.80. The molecule has 1 rings (SSSR count). The van der Waals surface area contributed by atoms with Gasteiger partial charge in [0.15, 0.2) is 0 Å². The molecule has 0 radical (unpaired) electrons. The molecule has 1 aromatic carbocycles. The first-order valence-corrected chi connectivity index (χ1v) is 6.85. The lowest BCUT2D eigenvalue weighted by Gasteiger charge is -2.26. The van der Waals surface area contributed by atoms with Gasteiger partial charge >= 0.3 is 6.18 Å². The highest BCUT2D eigenvalue weighted by Crippen LogP contribution is 2.21. The molecule has 3 nitrogen and oxygen atoms in total. The minimum atomic E-state index is -4.23. The average molecular weight is 305 g/mol. The summed E-state index contributed by atoms with van der Waals surface area (Å²) in [6.07, 6.45) is -6.21. The lowest BCUT2D eigenvalue weighted by atomic mass is 10.0. The molecule has 0 aromatic heterocycles. The Morgan fingerprint density at radius 1 is 1.24 bits per heavy atom. The van der Waals surface area contributed by atoms with Crippen LogP contribution in [-0.4, -0.2) is 47.1 Å². The summed E-state index contributed by atoms with van der Waals surface area (Å²) < 4.78 is 37.1. The molecule has 2 N–H and O–H groups in total. The minimum absolute atomic E-state index is 0.0139. The Hall–Kier alpha value is -1.11. The van der Waals surface area contributed by atoms with Crippen molar-refractivity contribution in [3.05, 3.63) is 34.9 Å². The van der Waals surface area contributed by atoms with Gasteiger partial charge in [-0.1, -0.05) is 23.8 Å². The van der Waals surface area contributed by atoms with Crippen LogP contribution in [0.25, 0.3) is 0 Å². The molecule has 0 heterocycles. The number of hydrogen-bond donors (Lipinski definition) is 2. The van der Waals surface area contributed by atoms with Crippen LogP contribution in [0.15, 0.2) is 18.2 Å². The quantitative estimate of drug-likeness (QED) is 0.813. The largest absolute Gasteiger partial charge is 0.394 e. The van der Waals surface area contributed by atoms with Crippen LogP contribution in [0.3, 0.4) is 0 Å². The smallest absolute Gasteiger partial charge is 0.390 e. The van der Waals surface area contributed by atoms with Crippen molar-refractivity contribution in [2.75, 3.05) is 19.7 Å². The van der Waals surface area contributed by atoms with Gasteiger partial charge in [0.1, 0.15) is 0 Å². The number of hydrogen-bond acceptors (Lipinski definition) is 3. The number of aliphatic hydroxyl groups excluding tert-OH is 2. The van der Waals surface area contributed by atoms with Gasteiger partial charge < -0.3 is 10.2 Å². The molecular formula is C15H22F3NO2. The van der Waals surface area contributed by atoms with Gasteiger partial charge in [0.25, 0.3) is 0 Å². The van der Waals surface area contributed by atoms with Crippen LogP contribution in [0.2, 0.25) is 0 Å². The average Bonchev–Trinajstić information content (AvgIpc) is 2.39. The van der Waals surface area contributed by atoms with Crippen molar-refractivity contribution in [1.82, 2.24) is 4.90 Å². The van der Waals surface area contributed by atoms with Crippen LogP contribution < -0.4 is 0 Å². The van der Waals surface area contributed by atoms with Gasteiger partial charge in [-0.2, -0.15) is 13.2 Å². The molecule has 0 saturated carbocycles. The van der Waals surface area contributed by atoms with Crippen molar-refractivity contribution in [2.45, 2.75) is 39.1 Å². The number of nitrogens with zero attached hydrogens (tertiary/aromatic N) is 1. The van der Waals surface area contributed by atoms with Crippen LogP contribution >= 0.6 is 0 Å². The lowest BCUT2D eigenvalue weighted by Crippen LogP contribution is -2.36.